The topological polar surface area (TPSA) is 68.6 Å². The Kier molecular flexibility index (Phi) is 6.62. The van der Waals surface area contributed by atoms with Gasteiger partial charge in [0.25, 0.3) is 5.91 Å². The molecule has 2 aromatic rings. The van der Waals surface area contributed by atoms with Crippen LogP contribution >= 0.6 is 30.3 Å². The van der Waals surface area contributed by atoms with Gasteiger partial charge in [-0.25, -0.2) is 4.99 Å². The van der Waals surface area contributed by atoms with Crippen molar-refractivity contribution in [1.29, 1.82) is 0 Å². The van der Waals surface area contributed by atoms with Gasteiger partial charge in [0.15, 0.2) is 0 Å². The Balaban J connectivity index is 1.45. The molecule has 5 rings (SSSR count). The highest BCUT2D eigenvalue weighted by Crippen LogP contribution is 2.37. The second kappa shape index (κ2) is 9.55. The monoisotopic (exact) mass is 529 g/mol. The molecule has 10 heteroatoms. The number of rotatable bonds is 4. The fourth-order valence-corrected chi connectivity index (χ4v) is 6.25. The summed E-state index contributed by atoms with van der Waals surface area (Å²) in [5, 5.41) is 1.13. The van der Waals surface area contributed by atoms with Crippen LogP contribution in [0.3, 0.4) is 0 Å². The van der Waals surface area contributed by atoms with E-state index >= 15 is 0 Å². The molecular formula is C25H26Cl2N5O2P. The van der Waals surface area contributed by atoms with E-state index in [1.54, 1.807) is 11.0 Å². The number of hydrogen-bond acceptors (Lipinski definition) is 6. The number of anilines is 1. The van der Waals surface area contributed by atoms with Gasteiger partial charge in [-0.2, -0.15) is 0 Å². The highest BCUT2D eigenvalue weighted by Gasteiger charge is 2.36. The van der Waals surface area contributed by atoms with Gasteiger partial charge in [0, 0.05) is 53.6 Å². The Bertz CT molecular complexity index is 1320. The maximum atomic E-state index is 13.5. The Morgan fingerprint density at radius 1 is 1.03 bits per heavy atom. The number of halogens is 2. The molecular weight excluding hydrogens is 504 g/mol. The molecule has 35 heavy (non-hydrogen) atoms. The van der Waals surface area contributed by atoms with Crippen LogP contribution in [0, 0.1) is 0 Å². The van der Waals surface area contributed by atoms with E-state index in [0.717, 1.165) is 37.3 Å². The Morgan fingerprint density at radius 3 is 2.49 bits per heavy atom. The molecule has 0 unspecified atom stereocenters. The van der Waals surface area contributed by atoms with Gasteiger partial charge in [-0.05, 0) is 37.6 Å². The van der Waals surface area contributed by atoms with Crippen molar-refractivity contribution < 1.29 is 9.36 Å². The van der Waals surface area contributed by atoms with Crippen LogP contribution in [0.25, 0.3) is 0 Å². The SMILES string of the molecule is CP(C)(=O)CN1CCN(C=C2N=C3CN=C(c4ccccc4Cl)c4cc(Cl)ccc4N3C2=O)CC1. The van der Waals surface area contributed by atoms with Gasteiger partial charge < -0.3 is 9.46 Å². The smallest absolute Gasteiger partial charge is 0.284 e. The summed E-state index contributed by atoms with van der Waals surface area (Å²) in [6.07, 6.45) is 2.46. The first-order chi connectivity index (χ1) is 16.7. The zero-order chi connectivity index (χ0) is 24.7. The molecule has 1 saturated heterocycles. The van der Waals surface area contributed by atoms with E-state index in [1.807, 2.05) is 55.9 Å². The summed E-state index contributed by atoms with van der Waals surface area (Å²) in [4.78, 5) is 29.0. The molecule has 3 heterocycles. The summed E-state index contributed by atoms with van der Waals surface area (Å²) >= 11 is 12.8. The molecule has 7 nitrogen and oxygen atoms in total. The predicted molar refractivity (Wildman–Crippen MR) is 144 cm³/mol. The highest BCUT2D eigenvalue weighted by molar-refractivity contribution is 7.62. The Morgan fingerprint density at radius 2 is 1.77 bits per heavy atom. The summed E-state index contributed by atoms with van der Waals surface area (Å²) in [7, 11) is -2.10. The number of hydrogen-bond donors (Lipinski definition) is 0. The van der Waals surface area contributed by atoms with Gasteiger partial charge in [0.2, 0.25) is 0 Å². The number of amides is 1. The molecule has 182 valence electrons. The van der Waals surface area contributed by atoms with Crippen LogP contribution in [0.2, 0.25) is 10.0 Å². The first-order valence-corrected chi connectivity index (χ1v) is 15.0. The number of aliphatic imine (C=N–C) groups is 2. The highest BCUT2D eigenvalue weighted by atomic mass is 35.5. The van der Waals surface area contributed by atoms with Gasteiger partial charge in [-0.15, -0.1) is 0 Å². The molecule has 3 aliphatic rings. The number of carbonyl (C=O) groups is 1. The van der Waals surface area contributed by atoms with Crippen LogP contribution in [0.4, 0.5) is 5.69 Å². The average molecular weight is 530 g/mol. The first kappa shape index (κ1) is 24.3. The minimum Gasteiger partial charge on any atom is -0.373 e. The Hall–Kier alpha value is -2.44. The summed E-state index contributed by atoms with van der Waals surface area (Å²) in [5.74, 6) is 0.386. The molecule has 1 amide bonds. The van der Waals surface area contributed by atoms with Crippen LogP contribution in [0.15, 0.2) is 64.3 Å². The summed E-state index contributed by atoms with van der Waals surface area (Å²) in [6, 6.07) is 12.9. The molecule has 0 radical (unpaired) electrons. The van der Waals surface area contributed by atoms with Crippen molar-refractivity contribution in [1.82, 2.24) is 9.80 Å². The zero-order valence-corrected chi connectivity index (χ0v) is 22.0. The molecule has 2 aromatic carbocycles. The second-order valence-corrected chi connectivity index (χ2v) is 13.6. The van der Waals surface area contributed by atoms with Crippen molar-refractivity contribution in [3.8, 4) is 0 Å². The largest absolute Gasteiger partial charge is 0.373 e. The molecule has 0 aromatic heterocycles. The minimum atomic E-state index is -2.10. The summed E-state index contributed by atoms with van der Waals surface area (Å²) in [5.41, 5.74) is 3.28. The van der Waals surface area contributed by atoms with E-state index < -0.39 is 7.14 Å². The molecule has 0 saturated carbocycles. The number of benzene rings is 2. The molecule has 3 aliphatic heterocycles. The fourth-order valence-electron chi connectivity index (χ4n) is 4.61. The van der Waals surface area contributed by atoms with Crippen molar-refractivity contribution >= 4 is 53.5 Å². The number of nitrogens with zero attached hydrogens (tertiary/aromatic N) is 5. The van der Waals surface area contributed by atoms with Gasteiger partial charge in [-0.1, -0.05) is 41.4 Å². The minimum absolute atomic E-state index is 0.187. The van der Waals surface area contributed by atoms with Crippen molar-refractivity contribution in [3.63, 3.8) is 0 Å². The van der Waals surface area contributed by atoms with Crippen molar-refractivity contribution in [3.05, 3.63) is 75.5 Å². The van der Waals surface area contributed by atoms with E-state index in [0.29, 0.717) is 39.3 Å². The standard InChI is InChI=1S/C25H26Cl2N5O2P/c1-35(2,34)16-31-11-9-30(10-12-31)15-21-25(33)32-22-8-7-17(26)13-19(22)24(28-14-23(32)29-21)18-5-3-4-6-20(18)27/h3-8,13,15H,9-12,14,16H2,1-2H3. The summed E-state index contributed by atoms with van der Waals surface area (Å²) < 4.78 is 12.2. The maximum absolute atomic E-state index is 13.5. The molecule has 0 N–H and O–H groups in total. The van der Waals surface area contributed by atoms with Crippen molar-refractivity contribution in [2.75, 3.05) is 57.2 Å². The van der Waals surface area contributed by atoms with E-state index in [2.05, 4.69) is 14.8 Å². The third-order valence-corrected chi connectivity index (χ3v) is 7.79. The van der Waals surface area contributed by atoms with Crippen LogP contribution in [-0.4, -0.2) is 79.6 Å². The van der Waals surface area contributed by atoms with E-state index in [-0.39, 0.29) is 12.5 Å². The van der Waals surface area contributed by atoms with Crippen LogP contribution < -0.4 is 4.90 Å². The molecule has 0 bridgehead atoms. The fraction of sp³-hybridized carbons (Fsp3) is 0.320. The lowest BCUT2D eigenvalue weighted by atomic mass is 10.00. The number of fused-ring (bicyclic) bond motifs is 3. The van der Waals surface area contributed by atoms with Crippen LogP contribution in [0.5, 0.6) is 0 Å². The molecule has 0 spiro atoms. The maximum Gasteiger partial charge on any atom is 0.284 e. The molecule has 0 aliphatic carbocycles. The second-order valence-electron chi connectivity index (χ2n) is 9.36. The van der Waals surface area contributed by atoms with Gasteiger partial charge in [0.05, 0.1) is 31.4 Å². The zero-order valence-electron chi connectivity index (χ0n) is 19.6. The lowest BCUT2D eigenvalue weighted by molar-refractivity contribution is -0.114. The normalized spacial score (nSPS) is 19.9. The lowest BCUT2D eigenvalue weighted by Gasteiger charge is -2.34. The first-order valence-electron chi connectivity index (χ1n) is 11.4. The third kappa shape index (κ3) is 5.10. The number of amidine groups is 1. The number of carbonyl (C=O) groups excluding carboxylic acids is 1. The van der Waals surface area contributed by atoms with Crippen LogP contribution in [0.1, 0.15) is 11.1 Å². The quantitative estimate of drug-likeness (QED) is 0.427. The number of piperazine rings is 1. The van der Waals surface area contributed by atoms with Gasteiger partial charge in [0.1, 0.15) is 11.5 Å². The van der Waals surface area contributed by atoms with E-state index in [4.69, 9.17) is 28.2 Å². The summed E-state index contributed by atoms with van der Waals surface area (Å²) in [6.45, 7) is 6.99. The molecule has 0 atom stereocenters. The van der Waals surface area contributed by atoms with Crippen molar-refractivity contribution in [2.24, 2.45) is 9.98 Å². The lowest BCUT2D eigenvalue weighted by Crippen LogP contribution is -2.44. The van der Waals surface area contributed by atoms with E-state index in [1.165, 1.54) is 0 Å². The average Bonchev–Trinajstić information content (AvgIpc) is 3.01. The van der Waals surface area contributed by atoms with E-state index in [9.17, 15) is 9.36 Å². The van der Waals surface area contributed by atoms with Crippen LogP contribution in [-0.2, 0) is 9.36 Å². The van der Waals surface area contributed by atoms with Crippen molar-refractivity contribution in [2.45, 2.75) is 0 Å². The predicted octanol–water partition coefficient (Wildman–Crippen LogP) is 4.63. The third-order valence-electron chi connectivity index (χ3n) is 6.14. The van der Waals surface area contributed by atoms with Gasteiger partial charge >= 0.3 is 0 Å². The molecule has 1 fully saturated rings. The van der Waals surface area contributed by atoms with Gasteiger partial charge in [-0.3, -0.25) is 19.6 Å². The Labute approximate surface area is 215 Å².